The number of aliphatic hydroxyl groups is 1. The van der Waals surface area contributed by atoms with Gasteiger partial charge in [-0.3, -0.25) is 4.79 Å². The van der Waals surface area contributed by atoms with E-state index in [4.69, 9.17) is 15.0 Å². The number of fused-ring (bicyclic) bond motifs is 1. The van der Waals surface area contributed by atoms with Crippen molar-refractivity contribution in [2.75, 3.05) is 13.2 Å². The first kappa shape index (κ1) is 16.1. The van der Waals surface area contributed by atoms with Gasteiger partial charge in [-0.1, -0.05) is 37.2 Å². The summed E-state index contributed by atoms with van der Waals surface area (Å²) in [5.74, 6) is -0.218. The molecular formula is C15H19N3O4. The summed E-state index contributed by atoms with van der Waals surface area (Å²) in [4.78, 5) is 14.5. The lowest BCUT2D eigenvalue weighted by molar-refractivity contribution is -0.147. The van der Waals surface area contributed by atoms with Crippen molar-refractivity contribution in [1.29, 1.82) is 0 Å². The standard InChI is InChI=1S/C15H19N3O4/c1-4-21-14(20)11(17-18-16)12(19)9-6-5-7-10-13(9)22-8-15(10,2)3/h5-7,11-12,19H,4,8H2,1-3H3. The molecule has 1 aliphatic heterocycles. The van der Waals surface area contributed by atoms with Crippen LogP contribution >= 0.6 is 0 Å². The van der Waals surface area contributed by atoms with Gasteiger partial charge >= 0.3 is 5.97 Å². The highest BCUT2D eigenvalue weighted by Crippen LogP contribution is 2.43. The lowest BCUT2D eigenvalue weighted by atomic mass is 9.85. The molecule has 2 unspecified atom stereocenters. The highest BCUT2D eigenvalue weighted by molar-refractivity contribution is 5.77. The van der Waals surface area contributed by atoms with Gasteiger partial charge in [0.25, 0.3) is 0 Å². The van der Waals surface area contributed by atoms with Gasteiger partial charge in [0.2, 0.25) is 0 Å². The molecule has 1 heterocycles. The van der Waals surface area contributed by atoms with Crippen LogP contribution in [0.3, 0.4) is 0 Å². The van der Waals surface area contributed by atoms with Crippen LogP contribution in [0.1, 0.15) is 38.0 Å². The van der Waals surface area contributed by atoms with Crippen molar-refractivity contribution in [2.24, 2.45) is 5.11 Å². The molecule has 22 heavy (non-hydrogen) atoms. The van der Waals surface area contributed by atoms with Crippen LogP contribution in [0.5, 0.6) is 5.75 Å². The smallest absolute Gasteiger partial charge is 0.317 e. The first-order chi connectivity index (χ1) is 10.4. The van der Waals surface area contributed by atoms with Gasteiger partial charge < -0.3 is 14.6 Å². The average Bonchev–Trinajstić information content (AvgIpc) is 2.80. The fraction of sp³-hybridized carbons (Fsp3) is 0.533. The lowest BCUT2D eigenvalue weighted by Gasteiger charge is -2.20. The summed E-state index contributed by atoms with van der Waals surface area (Å²) >= 11 is 0. The molecule has 2 atom stereocenters. The molecule has 1 aromatic rings. The summed E-state index contributed by atoms with van der Waals surface area (Å²) in [5, 5.41) is 13.9. The van der Waals surface area contributed by atoms with E-state index in [1.54, 1.807) is 19.1 Å². The Balaban J connectivity index is 2.41. The van der Waals surface area contributed by atoms with Crippen molar-refractivity contribution in [3.63, 3.8) is 0 Å². The molecule has 2 rings (SSSR count). The maximum atomic E-state index is 11.9. The van der Waals surface area contributed by atoms with Gasteiger partial charge in [0.15, 0.2) is 6.04 Å². The predicted molar refractivity (Wildman–Crippen MR) is 79.5 cm³/mol. The van der Waals surface area contributed by atoms with Crippen LogP contribution in [0.15, 0.2) is 23.3 Å². The van der Waals surface area contributed by atoms with E-state index >= 15 is 0 Å². The van der Waals surface area contributed by atoms with Crippen molar-refractivity contribution in [2.45, 2.75) is 38.3 Å². The van der Waals surface area contributed by atoms with Crippen LogP contribution in [0, 0.1) is 0 Å². The molecule has 0 saturated carbocycles. The summed E-state index contributed by atoms with van der Waals surface area (Å²) in [6, 6.07) is 4.02. The van der Waals surface area contributed by atoms with Gasteiger partial charge in [-0.2, -0.15) is 0 Å². The predicted octanol–water partition coefficient (Wildman–Crippen LogP) is 2.63. The van der Waals surface area contributed by atoms with Crippen molar-refractivity contribution in [3.8, 4) is 5.75 Å². The Hall–Kier alpha value is -2.24. The second-order valence-electron chi connectivity index (χ2n) is 5.74. The van der Waals surface area contributed by atoms with Crippen LogP contribution in [-0.2, 0) is 14.9 Å². The molecule has 0 saturated heterocycles. The van der Waals surface area contributed by atoms with Crippen molar-refractivity contribution in [3.05, 3.63) is 39.8 Å². The van der Waals surface area contributed by atoms with Crippen LogP contribution in [0.2, 0.25) is 0 Å². The molecule has 118 valence electrons. The number of azide groups is 1. The van der Waals surface area contributed by atoms with Crippen molar-refractivity contribution < 1.29 is 19.4 Å². The van der Waals surface area contributed by atoms with Gasteiger partial charge in [0.05, 0.1) is 13.2 Å². The SMILES string of the molecule is CCOC(=O)C(N=[N+]=[N-])C(O)c1cccc2c1OCC2(C)C. The molecule has 7 nitrogen and oxygen atoms in total. The van der Waals surface area contributed by atoms with Crippen LogP contribution < -0.4 is 4.74 Å². The number of hydrogen-bond acceptors (Lipinski definition) is 5. The monoisotopic (exact) mass is 305 g/mol. The van der Waals surface area contributed by atoms with Gasteiger partial charge in [-0.25, -0.2) is 0 Å². The normalized spacial score (nSPS) is 17.6. The second-order valence-corrected chi connectivity index (χ2v) is 5.74. The summed E-state index contributed by atoms with van der Waals surface area (Å²) in [6.07, 6.45) is -1.32. The molecule has 0 aromatic heterocycles. The maximum absolute atomic E-state index is 11.9. The van der Waals surface area contributed by atoms with E-state index in [1.165, 1.54) is 0 Å². The molecule has 0 radical (unpaired) electrons. The van der Waals surface area contributed by atoms with Gasteiger partial charge in [-0.05, 0) is 12.5 Å². The Bertz CT molecular complexity index is 623. The quantitative estimate of drug-likeness (QED) is 0.390. The average molecular weight is 305 g/mol. The Morgan fingerprint density at radius 2 is 2.32 bits per heavy atom. The van der Waals surface area contributed by atoms with Crippen molar-refractivity contribution in [1.82, 2.24) is 0 Å². The number of benzene rings is 1. The molecule has 0 spiro atoms. The number of esters is 1. The molecule has 0 amide bonds. The van der Waals surface area contributed by atoms with Crippen LogP contribution in [-0.4, -0.2) is 30.3 Å². The van der Waals surface area contributed by atoms with Gasteiger partial charge in [-0.15, -0.1) is 0 Å². The number of aliphatic hydroxyl groups excluding tert-OH is 1. The number of rotatable bonds is 5. The second kappa shape index (κ2) is 6.25. The number of carbonyl (C=O) groups excluding carboxylic acids is 1. The topological polar surface area (TPSA) is 105 Å². The van der Waals surface area contributed by atoms with E-state index in [9.17, 15) is 9.90 Å². The highest BCUT2D eigenvalue weighted by Gasteiger charge is 2.37. The zero-order chi connectivity index (χ0) is 16.3. The minimum absolute atomic E-state index is 0.138. The minimum atomic E-state index is -1.34. The third kappa shape index (κ3) is 2.86. The van der Waals surface area contributed by atoms with Gasteiger partial charge in [0.1, 0.15) is 11.9 Å². The number of nitrogens with zero attached hydrogens (tertiary/aromatic N) is 3. The number of hydrogen-bond donors (Lipinski definition) is 1. The first-order valence-corrected chi connectivity index (χ1v) is 7.07. The minimum Gasteiger partial charge on any atom is -0.492 e. The third-order valence-corrected chi connectivity index (χ3v) is 3.67. The van der Waals surface area contributed by atoms with Gasteiger partial charge in [0, 0.05) is 21.5 Å². The number of para-hydroxylation sites is 1. The zero-order valence-electron chi connectivity index (χ0n) is 12.8. The van der Waals surface area contributed by atoms with E-state index in [0.717, 1.165) is 5.56 Å². The summed E-state index contributed by atoms with van der Waals surface area (Å²) in [7, 11) is 0. The lowest BCUT2D eigenvalue weighted by Crippen LogP contribution is -2.28. The fourth-order valence-corrected chi connectivity index (χ4v) is 2.50. The summed E-state index contributed by atoms with van der Waals surface area (Å²) in [5.41, 5.74) is 9.83. The fourth-order valence-electron chi connectivity index (χ4n) is 2.50. The third-order valence-electron chi connectivity index (χ3n) is 3.67. The molecule has 1 N–H and O–H groups in total. The molecule has 1 aromatic carbocycles. The Kier molecular flexibility index (Phi) is 4.59. The number of carbonyl (C=O) groups is 1. The summed E-state index contributed by atoms with van der Waals surface area (Å²) in [6.45, 7) is 6.33. The highest BCUT2D eigenvalue weighted by atomic mass is 16.5. The molecule has 1 aliphatic rings. The van der Waals surface area contributed by atoms with Crippen LogP contribution in [0.4, 0.5) is 0 Å². The van der Waals surface area contributed by atoms with Crippen molar-refractivity contribution >= 4 is 5.97 Å². The summed E-state index contributed by atoms with van der Waals surface area (Å²) < 4.78 is 10.5. The molecular weight excluding hydrogens is 286 g/mol. The largest absolute Gasteiger partial charge is 0.492 e. The van der Waals surface area contributed by atoms with E-state index in [-0.39, 0.29) is 12.0 Å². The molecule has 0 fully saturated rings. The molecule has 0 aliphatic carbocycles. The van der Waals surface area contributed by atoms with E-state index in [1.807, 2.05) is 19.9 Å². The molecule has 0 bridgehead atoms. The Morgan fingerprint density at radius 3 is 2.95 bits per heavy atom. The first-order valence-electron chi connectivity index (χ1n) is 7.07. The Labute approximate surface area is 128 Å². The number of ether oxygens (including phenoxy) is 2. The molecule has 7 heteroatoms. The van der Waals surface area contributed by atoms with Crippen LogP contribution in [0.25, 0.3) is 10.4 Å². The van der Waals surface area contributed by atoms with E-state index in [2.05, 4.69) is 10.0 Å². The Morgan fingerprint density at radius 1 is 1.59 bits per heavy atom. The maximum Gasteiger partial charge on any atom is 0.317 e. The van der Waals surface area contributed by atoms with E-state index in [0.29, 0.717) is 17.9 Å². The zero-order valence-corrected chi connectivity index (χ0v) is 12.8. The van der Waals surface area contributed by atoms with E-state index < -0.39 is 18.1 Å².